The number of benzene rings is 1. The Hall–Kier alpha value is -1.03. The van der Waals surface area contributed by atoms with Crippen molar-refractivity contribution in [3.8, 4) is 0 Å². The molecule has 1 aromatic rings. The summed E-state index contributed by atoms with van der Waals surface area (Å²) in [7, 11) is 1.53. The number of halogens is 1. The van der Waals surface area contributed by atoms with Crippen LogP contribution >= 0.6 is 11.6 Å². The van der Waals surface area contributed by atoms with E-state index in [2.05, 4.69) is 6.58 Å². The predicted molar refractivity (Wildman–Crippen MR) is 63.1 cm³/mol. The van der Waals surface area contributed by atoms with E-state index >= 15 is 0 Å². The standard InChI is InChI=1S/C12H15ClO3/c1-9(16-8-15-2)7-12(14)10-3-5-11(13)6-4-10/h3-6,12,14H,1,7-8H2,2H3. The van der Waals surface area contributed by atoms with Crippen LogP contribution in [-0.2, 0) is 9.47 Å². The van der Waals surface area contributed by atoms with Gasteiger partial charge >= 0.3 is 0 Å². The lowest BCUT2D eigenvalue weighted by molar-refractivity contribution is -0.00357. The van der Waals surface area contributed by atoms with Crippen LogP contribution in [0.15, 0.2) is 36.6 Å². The molecule has 0 heterocycles. The van der Waals surface area contributed by atoms with Crippen LogP contribution < -0.4 is 0 Å². The molecule has 1 aromatic carbocycles. The first-order valence-corrected chi connectivity index (χ1v) is 5.24. The van der Waals surface area contributed by atoms with Crippen LogP contribution in [0, 0.1) is 0 Å². The van der Waals surface area contributed by atoms with Crippen LogP contribution in [0.1, 0.15) is 18.1 Å². The van der Waals surface area contributed by atoms with Crippen molar-refractivity contribution in [1.29, 1.82) is 0 Å². The summed E-state index contributed by atoms with van der Waals surface area (Å²) in [6, 6.07) is 7.02. The van der Waals surface area contributed by atoms with E-state index in [4.69, 9.17) is 21.1 Å². The third-order valence-electron chi connectivity index (χ3n) is 2.06. The highest BCUT2D eigenvalue weighted by Gasteiger charge is 2.09. The van der Waals surface area contributed by atoms with E-state index in [1.807, 2.05) is 0 Å². The lowest BCUT2D eigenvalue weighted by Gasteiger charge is -2.13. The number of aliphatic hydroxyl groups excluding tert-OH is 1. The summed E-state index contributed by atoms with van der Waals surface area (Å²) in [5, 5.41) is 10.5. The van der Waals surface area contributed by atoms with Gasteiger partial charge in [-0.25, -0.2) is 0 Å². The van der Waals surface area contributed by atoms with E-state index in [9.17, 15) is 5.11 Å². The molecule has 0 aliphatic heterocycles. The summed E-state index contributed by atoms with van der Waals surface area (Å²) in [5.74, 6) is 0.490. The first-order chi connectivity index (χ1) is 7.63. The normalized spacial score (nSPS) is 12.2. The van der Waals surface area contributed by atoms with Crippen molar-refractivity contribution < 1.29 is 14.6 Å². The fourth-order valence-electron chi connectivity index (χ4n) is 1.22. The van der Waals surface area contributed by atoms with Crippen LogP contribution in [0.5, 0.6) is 0 Å². The smallest absolute Gasteiger partial charge is 0.188 e. The minimum atomic E-state index is -0.637. The van der Waals surface area contributed by atoms with Crippen molar-refractivity contribution in [2.45, 2.75) is 12.5 Å². The molecule has 1 unspecified atom stereocenters. The molecular formula is C12H15ClO3. The molecule has 0 fully saturated rings. The largest absolute Gasteiger partial charge is 0.472 e. The van der Waals surface area contributed by atoms with Crippen molar-refractivity contribution in [1.82, 2.24) is 0 Å². The molecule has 0 spiro atoms. The first kappa shape index (κ1) is 13.0. The van der Waals surface area contributed by atoms with Gasteiger partial charge < -0.3 is 14.6 Å². The van der Waals surface area contributed by atoms with Gasteiger partial charge in [-0.2, -0.15) is 0 Å². The second-order valence-electron chi connectivity index (χ2n) is 3.36. The third-order valence-corrected chi connectivity index (χ3v) is 2.31. The van der Waals surface area contributed by atoms with Crippen LogP contribution in [0.3, 0.4) is 0 Å². The van der Waals surface area contributed by atoms with E-state index in [-0.39, 0.29) is 6.79 Å². The molecule has 0 aliphatic rings. The van der Waals surface area contributed by atoms with Gasteiger partial charge in [-0.3, -0.25) is 0 Å². The van der Waals surface area contributed by atoms with Crippen molar-refractivity contribution in [2.75, 3.05) is 13.9 Å². The SMILES string of the molecule is C=C(CC(O)c1ccc(Cl)cc1)OCOC. The monoisotopic (exact) mass is 242 g/mol. The minimum absolute atomic E-state index is 0.145. The van der Waals surface area contributed by atoms with Gasteiger partial charge in [0.2, 0.25) is 0 Å². The van der Waals surface area contributed by atoms with Crippen LogP contribution in [0.4, 0.5) is 0 Å². The molecule has 0 aliphatic carbocycles. The van der Waals surface area contributed by atoms with Gasteiger partial charge in [-0.05, 0) is 17.7 Å². The molecule has 3 nitrogen and oxygen atoms in total. The molecule has 0 saturated heterocycles. The molecule has 0 bridgehead atoms. The van der Waals surface area contributed by atoms with Crippen LogP contribution in [0.25, 0.3) is 0 Å². The molecule has 1 N–H and O–H groups in total. The summed E-state index contributed by atoms with van der Waals surface area (Å²) in [6.45, 7) is 3.83. The summed E-state index contributed by atoms with van der Waals surface area (Å²) in [6.07, 6.45) is -0.299. The van der Waals surface area contributed by atoms with Crippen LogP contribution in [0.2, 0.25) is 5.02 Å². The Balaban J connectivity index is 2.48. The third kappa shape index (κ3) is 4.23. The number of hydrogen-bond acceptors (Lipinski definition) is 3. The number of rotatable bonds is 6. The summed E-state index contributed by atoms with van der Waals surface area (Å²) in [4.78, 5) is 0. The maximum absolute atomic E-state index is 9.86. The zero-order valence-corrected chi connectivity index (χ0v) is 9.91. The second-order valence-corrected chi connectivity index (χ2v) is 3.80. The van der Waals surface area contributed by atoms with Crippen molar-refractivity contribution in [2.24, 2.45) is 0 Å². The molecular weight excluding hydrogens is 228 g/mol. The average Bonchev–Trinajstić information content (AvgIpc) is 2.27. The summed E-state index contributed by atoms with van der Waals surface area (Å²) < 4.78 is 9.84. The molecule has 4 heteroatoms. The van der Waals surface area contributed by atoms with Gasteiger partial charge in [0, 0.05) is 18.6 Å². The van der Waals surface area contributed by atoms with E-state index in [1.165, 1.54) is 7.11 Å². The number of hydrogen-bond donors (Lipinski definition) is 1. The van der Waals surface area contributed by atoms with E-state index < -0.39 is 6.10 Å². The lowest BCUT2D eigenvalue weighted by atomic mass is 10.1. The topological polar surface area (TPSA) is 38.7 Å². The van der Waals surface area contributed by atoms with Gasteiger partial charge in [0.1, 0.15) is 0 Å². The fourth-order valence-corrected chi connectivity index (χ4v) is 1.35. The maximum atomic E-state index is 9.86. The fraction of sp³-hybridized carbons (Fsp3) is 0.333. The zero-order chi connectivity index (χ0) is 12.0. The molecule has 0 saturated carbocycles. The van der Waals surface area contributed by atoms with Crippen molar-refractivity contribution >= 4 is 11.6 Å². The van der Waals surface area contributed by atoms with Crippen LogP contribution in [-0.4, -0.2) is 19.0 Å². The average molecular weight is 243 g/mol. The Labute approximate surface area is 100 Å². The molecule has 88 valence electrons. The molecule has 0 amide bonds. The number of ether oxygens (including phenoxy) is 2. The Morgan fingerprint density at radius 1 is 1.44 bits per heavy atom. The second kappa shape index (κ2) is 6.53. The summed E-state index contributed by atoms with van der Waals surface area (Å²) in [5.41, 5.74) is 0.784. The quantitative estimate of drug-likeness (QED) is 0.616. The molecule has 16 heavy (non-hydrogen) atoms. The molecule has 0 radical (unpaired) electrons. The molecule has 0 aromatic heterocycles. The Kier molecular flexibility index (Phi) is 5.32. The Bertz CT molecular complexity index is 335. The predicted octanol–water partition coefficient (Wildman–Crippen LogP) is 2.90. The van der Waals surface area contributed by atoms with Crippen molar-refractivity contribution in [3.63, 3.8) is 0 Å². The van der Waals surface area contributed by atoms with E-state index in [0.29, 0.717) is 17.2 Å². The maximum Gasteiger partial charge on any atom is 0.188 e. The van der Waals surface area contributed by atoms with Gasteiger partial charge in [-0.1, -0.05) is 30.3 Å². The lowest BCUT2D eigenvalue weighted by Crippen LogP contribution is -2.02. The Morgan fingerprint density at radius 2 is 2.06 bits per heavy atom. The molecule has 1 rings (SSSR count). The van der Waals surface area contributed by atoms with Gasteiger partial charge in [0.15, 0.2) is 6.79 Å². The highest BCUT2D eigenvalue weighted by Crippen LogP contribution is 2.22. The van der Waals surface area contributed by atoms with E-state index in [1.54, 1.807) is 24.3 Å². The Morgan fingerprint density at radius 3 is 2.62 bits per heavy atom. The first-order valence-electron chi connectivity index (χ1n) is 4.86. The highest BCUT2D eigenvalue weighted by atomic mass is 35.5. The van der Waals surface area contributed by atoms with Gasteiger partial charge in [0.25, 0.3) is 0 Å². The minimum Gasteiger partial charge on any atom is -0.472 e. The highest BCUT2D eigenvalue weighted by molar-refractivity contribution is 6.30. The molecule has 1 atom stereocenters. The number of methoxy groups -OCH3 is 1. The van der Waals surface area contributed by atoms with Gasteiger partial charge in [0.05, 0.1) is 11.9 Å². The number of aliphatic hydroxyl groups is 1. The summed E-state index contributed by atoms with van der Waals surface area (Å²) >= 11 is 5.75. The van der Waals surface area contributed by atoms with Crippen molar-refractivity contribution in [3.05, 3.63) is 47.2 Å². The zero-order valence-electron chi connectivity index (χ0n) is 9.15. The van der Waals surface area contributed by atoms with E-state index in [0.717, 1.165) is 5.56 Å². The van der Waals surface area contributed by atoms with Gasteiger partial charge in [-0.15, -0.1) is 0 Å².